The molecule has 3 heteroatoms. The summed E-state index contributed by atoms with van der Waals surface area (Å²) in [7, 11) is 0. The first kappa shape index (κ1) is 34.6. The first-order valence-electron chi connectivity index (χ1n) is 17.6. The van der Waals surface area contributed by atoms with Crippen molar-refractivity contribution in [3.05, 3.63) is 48.0 Å². The third-order valence-corrected chi connectivity index (χ3v) is 8.94. The standard InChI is InChI=1S/C39H59ClO2/c1-3-5-7-9-11-13-15-17-19-23-29-41-38-34-25-21-22-26-35(34)39(37-31-33(32-40)27-28-36(37)38)42-30-24-20-18-16-14-12-10-8-6-4-2/h21-22,25-28,31H,3-20,23-24,29-30,32H2,1-2H3. The second-order valence-corrected chi connectivity index (χ2v) is 12.5. The van der Waals surface area contributed by atoms with Crippen molar-refractivity contribution in [3.63, 3.8) is 0 Å². The van der Waals surface area contributed by atoms with E-state index in [0.717, 1.165) is 64.7 Å². The average molecular weight is 595 g/mol. The van der Waals surface area contributed by atoms with Crippen molar-refractivity contribution in [3.8, 4) is 11.5 Å². The van der Waals surface area contributed by atoms with Crippen molar-refractivity contribution in [2.75, 3.05) is 13.2 Å². The Hall–Kier alpha value is -1.93. The molecular weight excluding hydrogens is 536 g/mol. The normalized spacial score (nSPS) is 11.5. The predicted octanol–water partition coefficient (Wildman–Crippen LogP) is 13.3. The van der Waals surface area contributed by atoms with Crippen LogP contribution in [0.15, 0.2) is 42.5 Å². The van der Waals surface area contributed by atoms with E-state index in [4.69, 9.17) is 21.1 Å². The van der Waals surface area contributed by atoms with Crippen molar-refractivity contribution in [2.24, 2.45) is 0 Å². The maximum Gasteiger partial charge on any atom is 0.135 e. The van der Waals surface area contributed by atoms with E-state index in [1.54, 1.807) is 0 Å². The van der Waals surface area contributed by atoms with Crippen molar-refractivity contribution < 1.29 is 9.47 Å². The van der Waals surface area contributed by atoms with Gasteiger partial charge in [-0.2, -0.15) is 0 Å². The molecule has 234 valence electrons. The van der Waals surface area contributed by atoms with Crippen LogP contribution in [0.3, 0.4) is 0 Å². The van der Waals surface area contributed by atoms with Crippen LogP contribution in [-0.2, 0) is 5.88 Å². The SMILES string of the molecule is CCCCCCCCCCCCOc1c2ccccc2c(OCCCCCCCCCCCC)c2cc(CCl)ccc12. The largest absolute Gasteiger partial charge is 0.492 e. The highest BCUT2D eigenvalue weighted by Crippen LogP contribution is 2.43. The highest BCUT2D eigenvalue weighted by atomic mass is 35.5. The van der Waals surface area contributed by atoms with Gasteiger partial charge in [0.1, 0.15) is 11.5 Å². The van der Waals surface area contributed by atoms with Crippen LogP contribution in [0.25, 0.3) is 21.5 Å². The molecule has 2 nitrogen and oxygen atoms in total. The summed E-state index contributed by atoms with van der Waals surface area (Å²) in [5.41, 5.74) is 1.11. The number of halogens is 1. The Morgan fingerprint density at radius 1 is 0.452 bits per heavy atom. The zero-order valence-corrected chi connectivity index (χ0v) is 27.8. The van der Waals surface area contributed by atoms with Crippen LogP contribution in [0.4, 0.5) is 0 Å². The summed E-state index contributed by atoms with van der Waals surface area (Å²) in [6.07, 6.45) is 26.6. The molecule has 0 unspecified atom stereocenters. The lowest BCUT2D eigenvalue weighted by atomic mass is 9.99. The quantitative estimate of drug-likeness (QED) is 0.0551. The number of unbranched alkanes of at least 4 members (excludes halogenated alkanes) is 18. The average Bonchev–Trinajstić information content (AvgIpc) is 3.02. The lowest BCUT2D eigenvalue weighted by Gasteiger charge is -2.18. The topological polar surface area (TPSA) is 18.5 Å². The highest BCUT2D eigenvalue weighted by molar-refractivity contribution is 6.17. The van der Waals surface area contributed by atoms with Gasteiger partial charge in [0.15, 0.2) is 0 Å². The van der Waals surface area contributed by atoms with Gasteiger partial charge in [0, 0.05) is 27.4 Å². The second kappa shape index (κ2) is 21.7. The number of hydrogen-bond acceptors (Lipinski definition) is 2. The third-order valence-electron chi connectivity index (χ3n) is 8.63. The summed E-state index contributed by atoms with van der Waals surface area (Å²) in [5, 5.41) is 4.54. The molecule has 0 saturated heterocycles. The Morgan fingerprint density at radius 2 is 0.833 bits per heavy atom. The minimum Gasteiger partial charge on any atom is -0.492 e. The van der Waals surface area contributed by atoms with Crippen LogP contribution in [0.2, 0.25) is 0 Å². The molecule has 0 N–H and O–H groups in total. The van der Waals surface area contributed by atoms with Gasteiger partial charge in [-0.05, 0) is 24.5 Å². The van der Waals surface area contributed by atoms with Gasteiger partial charge in [0.25, 0.3) is 0 Å². The molecule has 3 rings (SSSR count). The fourth-order valence-corrected chi connectivity index (χ4v) is 6.23. The Balaban J connectivity index is 1.55. The van der Waals surface area contributed by atoms with E-state index < -0.39 is 0 Å². The molecule has 0 aromatic heterocycles. The van der Waals surface area contributed by atoms with Crippen molar-refractivity contribution in [1.82, 2.24) is 0 Å². The lowest BCUT2D eigenvalue weighted by molar-refractivity contribution is 0.306. The first-order valence-corrected chi connectivity index (χ1v) is 18.1. The molecule has 0 heterocycles. The number of rotatable bonds is 25. The third kappa shape index (κ3) is 12.0. The van der Waals surface area contributed by atoms with E-state index in [1.807, 2.05) is 0 Å². The Bertz CT molecular complexity index is 1120. The molecule has 0 atom stereocenters. The minimum absolute atomic E-state index is 0.495. The van der Waals surface area contributed by atoms with Crippen LogP contribution in [0.5, 0.6) is 11.5 Å². The summed E-state index contributed by atoms with van der Waals surface area (Å²) in [6.45, 7) is 6.07. The molecule has 0 saturated carbocycles. The van der Waals surface area contributed by atoms with Gasteiger partial charge in [-0.1, -0.05) is 166 Å². The number of alkyl halides is 1. The summed E-state index contributed by atoms with van der Waals surface area (Å²) >= 11 is 6.27. The van der Waals surface area contributed by atoms with E-state index in [0.29, 0.717) is 5.88 Å². The maximum atomic E-state index is 6.57. The van der Waals surface area contributed by atoms with Crippen molar-refractivity contribution >= 4 is 33.1 Å². The summed E-state index contributed by atoms with van der Waals surface area (Å²) in [5.74, 6) is 2.47. The summed E-state index contributed by atoms with van der Waals surface area (Å²) in [6, 6.07) is 15.1. The molecule has 0 aliphatic rings. The van der Waals surface area contributed by atoms with Crippen molar-refractivity contribution in [1.29, 1.82) is 0 Å². The number of benzene rings is 3. The molecule has 0 fully saturated rings. The van der Waals surface area contributed by atoms with E-state index in [9.17, 15) is 0 Å². The zero-order chi connectivity index (χ0) is 29.7. The van der Waals surface area contributed by atoms with Crippen LogP contribution in [-0.4, -0.2) is 13.2 Å². The molecule has 3 aromatic carbocycles. The second-order valence-electron chi connectivity index (χ2n) is 12.3. The molecule has 42 heavy (non-hydrogen) atoms. The van der Waals surface area contributed by atoms with Gasteiger partial charge in [-0.25, -0.2) is 0 Å². The first-order chi connectivity index (χ1) is 20.8. The van der Waals surface area contributed by atoms with Crippen LogP contribution in [0, 0.1) is 0 Å². The van der Waals surface area contributed by atoms with E-state index >= 15 is 0 Å². The Kier molecular flexibility index (Phi) is 17.9. The van der Waals surface area contributed by atoms with Crippen LogP contribution in [0.1, 0.15) is 148 Å². The number of hydrogen-bond donors (Lipinski definition) is 0. The number of fused-ring (bicyclic) bond motifs is 2. The molecule has 0 radical (unpaired) electrons. The molecule has 3 aromatic rings. The van der Waals surface area contributed by atoms with Gasteiger partial charge in [0.05, 0.1) is 13.2 Å². The zero-order valence-electron chi connectivity index (χ0n) is 27.0. The molecule has 0 amide bonds. The Labute approximate surface area is 262 Å². The summed E-state index contributed by atoms with van der Waals surface area (Å²) < 4.78 is 13.1. The van der Waals surface area contributed by atoms with Crippen LogP contribution < -0.4 is 9.47 Å². The molecule has 0 bridgehead atoms. The summed E-state index contributed by atoms with van der Waals surface area (Å²) in [4.78, 5) is 0. The fourth-order valence-electron chi connectivity index (χ4n) is 6.07. The number of ether oxygens (including phenoxy) is 2. The van der Waals surface area contributed by atoms with E-state index in [1.165, 1.54) is 116 Å². The van der Waals surface area contributed by atoms with Gasteiger partial charge in [0.2, 0.25) is 0 Å². The molecule has 0 aliphatic heterocycles. The lowest BCUT2D eigenvalue weighted by Crippen LogP contribution is -2.02. The highest BCUT2D eigenvalue weighted by Gasteiger charge is 2.16. The van der Waals surface area contributed by atoms with E-state index in [-0.39, 0.29) is 0 Å². The smallest absolute Gasteiger partial charge is 0.135 e. The predicted molar refractivity (Wildman–Crippen MR) is 186 cm³/mol. The van der Waals surface area contributed by atoms with Gasteiger partial charge < -0.3 is 9.47 Å². The van der Waals surface area contributed by atoms with Gasteiger partial charge in [-0.15, -0.1) is 11.6 Å². The maximum absolute atomic E-state index is 6.57. The molecule has 0 aliphatic carbocycles. The van der Waals surface area contributed by atoms with Gasteiger partial charge >= 0.3 is 0 Å². The van der Waals surface area contributed by atoms with Crippen molar-refractivity contribution in [2.45, 2.75) is 148 Å². The monoisotopic (exact) mass is 594 g/mol. The van der Waals surface area contributed by atoms with E-state index in [2.05, 4.69) is 56.3 Å². The van der Waals surface area contributed by atoms with Crippen LogP contribution >= 0.6 is 11.6 Å². The Morgan fingerprint density at radius 3 is 1.26 bits per heavy atom. The van der Waals surface area contributed by atoms with Gasteiger partial charge in [-0.3, -0.25) is 0 Å². The minimum atomic E-state index is 0.495. The molecular formula is C39H59ClO2. The molecule has 0 spiro atoms. The fraction of sp³-hybridized carbons (Fsp3) is 0.641.